The van der Waals surface area contributed by atoms with Gasteiger partial charge in [0.25, 0.3) is 5.56 Å². The molecule has 9 nitrogen and oxygen atoms in total. The third kappa shape index (κ3) is 3.18. The summed E-state index contributed by atoms with van der Waals surface area (Å²) in [7, 11) is 4.77. The van der Waals surface area contributed by atoms with Gasteiger partial charge in [0.1, 0.15) is 5.75 Å². The smallest absolute Gasteiger partial charge is 0.332 e. The summed E-state index contributed by atoms with van der Waals surface area (Å²) in [4.78, 5) is 36.6. The molecule has 0 spiro atoms. The Balaban J connectivity index is 1.49. The second-order valence-corrected chi connectivity index (χ2v) is 7.08. The summed E-state index contributed by atoms with van der Waals surface area (Å²) >= 11 is 0. The zero-order valence-corrected chi connectivity index (χ0v) is 16.3. The highest BCUT2D eigenvalue weighted by atomic mass is 16.5. The van der Waals surface area contributed by atoms with Crippen LogP contribution in [0.25, 0.3) is 11.2 Å². The topological polar surface area (TPSA) is 88.4 Å². The van der Waals surface area contributed by atoms with Crippen molar-refractivity contribution >= 4 is 17.1 Å². The number of imidazole rings is 1. The summed E-state index contributed by atoms with van der Waals surface area (Å²) in [5, 5.41) is 0. The number of ether oxygens (including phenoxy) is 1. The highest BCUT2D eigenvalue weighted by Crippen LogP contribution is 2.18. The maximum atomic E-state index is 12.3. The number of anilines is 1. The highest BCUT2D eigenvalue weighted by Gasteiger charge is 2.22. The van der Waals surface area contributed by atoms with Crippen molar-refractivity contribution in [3.05, 3.63) is 50.7 Å². The number of methoxy groups -OCH3 is 1. The summed E-state index contributed by atoms with van der Waals surface area (Å²) in [5.41, 5.74) is 1.24. The number of hydrogen-bond acceptors (Lipinski definition) is 6. The number of aromatic amines is 1. The van der Waals surface area contributed by atoms with E-state index in [0.717, 1.165) is 43.0 Å². The van der Waals surface area contributed by atoms with Gasteiger partial charge in [-0.2, -0.15) is 4.98 Å². The molecule has 0 unspecified atom stereocenters. The summed E-state index contributed by atoms with van der Waals surface area (Å²) in [5.74, 6) is 1.50. The Kier molecular flexibility index (Phi) is 4.68. The first-order valence-electron chi connectivity index (χ1n) is 9.24. The zero-order valence-electron chi connectivity index (χ0n) is 16.3. The van der Waals surface area contributed by atoms with E-state index in [1.807, 2.05) is 12.1 Å². The number of piperazine rings is 1. The third-order valence-corrected chi connectivity index (χ3v) is 5.29. The normalized spacial score (nSPS) is 15.3. The van der Waals surface area contributed by atoms with Crippen LogP contribution in [0.3, 0.4) is 0 Å². The van der Waals surface area contributed by atoms with Crippen LogP contribution in [-0.2, 0) is 20.6 Å². The first kappa shape index (κ1) is 18.3. The number of fused-ring (bicyclic) bond motifs is 1. The second-order valence-electron chi connectivity index (χ2n) is 7.08. The number of nitrogens with one attached hydrogen (secondary N) is 1. The van der Waals surface area contributed by atoms with Crippen molar-refractivity contribution in [2.24, 2.45) is 14.1 Å². The fraction of sp³-hybridized carbons (Fsp3) is 0.421. The Morgan fingerprint density at radius 3 is 2.57 bits per heavy atom. The van der Waals surface area contributed by atoms with Crippen molar-refractivity contribution in [2.45, 2.75) is 6.54 Å². The largest absolute Gasteiger partial charge is 0.497 e. The molecule has 148 valence electrons. The molecule has 2 aromatic heterocycles. The van der Waals surface area contributed by atoms with Gasteiger partial charge in [-0.25, -0.2) is 4.79 Å². The Morgan fingerprint density at radius 2 is 1.86 bits per heavy atom. The van der Waals surface area contributed by atoms with Crippen molar-refractivity contribution in [2.75, 3.05) is 38.2 Å². The van der Waals surface area contributed by atoms with E-state index in [1.54, 1.807) is 14.2 Å². The molecule has 0 saturated carbocycles. The fourth-order valence-corrected chi connectivity index (χ4v) is 3.61. The zero-order chi connectivity index (χ0) is 19.8. The van der Waals surface area contributed by atoms with Crippen molar-refractivity contribution in [3.63, 3.8) is 0 Å². The molecule has 1 aliphatic rings. The van der Waals surface area contributed by atoms with Crippen LogP contribution >= 0.6 is 0 Å². The van der Waals surface area contributed by atoms with Crippen LogP contribution in [0.15, 0.2) is 33.9 Å². The summed E-state index contributed by atoms with van der Waals surface area (Å²) in [6.45, 7) is 4.20. The maximum absolute atomic E-state index is 12.3. The molecule has 9 heteroatoms. The van der Waals surface area contributed by atoms with Gasteiger partial charge in [-0.1, -0.05) is 12.1 Å². The minimum absolute atomic E-state index is 0.353. The fourth-order valence-electron chi connectivity index (χ4n) is 3.61. The maximum Gasteiger partial charge on any atom is 0.332 e. The Hall–Kier alpha value is -3.07. The van der Waals surface area contributed by atoms with Crippen molar-refractivity contribution in [1.29, 1.82) is 0 Å². The van der Waals surface area contributed by atoms with Gasteiger partial charge in [-0.15, -0.1) is 0 Å². The van der Waals surface area contributed by atoms with Gasteiger partial charge in [0.2, 0.25) is 5.95 Å². The van der Waals surface area contributed by atoms with E-state index in [-0.39, 0.29) is 11.2 Å². The van der Waals surface area contributed by atoms with E-state index < -0.39 is 0 Å². The molecule has 0 radical (unpaired) electrons. The average molecular weight is 384 g/mol. The third-order valence-electron chi connectivity index (χ3n) is 5.29. The van der Waals surface area contributed by atoms with E-state index in [0.29, 0.717) is 17.1 Å². The molecule has 1 aromatic carbocycles. The van der Waals surface area contributed by atoms with Gasteiger partial charge in [0, 0.05) is 46.8 Å². The molecule has 0 aliphatic carbocycles. The van der Waals surface area contributed by atoms with Crippen LogP contribution < -0.4 is 20.9 Å². The average Bonchev–Trinajstić information content (AvgIpc) is 3.17. The van der Waals surface area contributed by atoms with Crippen molar-refractivity contribution < 1.29 is 4.74 Å². The lowest BCUT2D eigenvalue weighted by Crippen LogP contribution is -2.46. The molecule has 1 fully saturated rings. The van der Waals surface area contributed by atoms with Crippen LogP contribution in [0.5, 0.6) is 5.75 Å². The van der Waals surface area contributed by atoms with E-state index >= 15 is 0 Å². The summed E-state index contributed by atoms with van der Waals surface area (Å²) < 4.78 is 7.79. The predicted octanol–water partition coefficient (Wildman–Crippen LogP) is 0.291. The molecule has 0 bridgehead atoms. The molecule has 1 saturated heterocycles. The van der Waals surface area contributed by atoms with Gasteiger partial charge >= 0.3 is 5.69 Å². The summed E-state index contributed by atoms with van der Waals surface area (Å²) in [6.07, 6.45) is 0. The quantitative estimate of drug-likeness (QED) is 0.696. The number of benzene rings is 1. The number of aromatic nitrogens is 4. The lowest BCUT2D eigenvalue weighted by atomic mass is 10.2. The van der Waals surface area contributed by atoms with Gasteiger partial charge in [0.05, 0.1) is 7.11 Å². The molecule has 4 rings (SSSR count). The van der Waals surface area contributed by atoms with Crippen LogP contribution in [0, 0.1) is 0 Å². The Labute approximate surface area is 161 Å². The summed E-state index contributed by atoms with van der Waals surface area (Å²) in [6, 6.07) is 8.11. The number of H-pyrrole nitrogens is 1. The standard InChI is InChI=1S/C19H24N6O3/c1-22-16-15(17(26)23(2)19(22)27)20-18(21-16)25-9-7-24(8-10-25)12-13-5-4-6-14(11-13)28-3/h4-6,11H,7-10,12H2,1-3H3,(H,20,21). The van der Waals surface area contributed by atoms with Crippen LogP contribution in [0.1, 0.15) is 5.56 Å². The molecule has 1 aliphatic heterocycles. The Bertz CT molecular complexity index is 1120. The van der Waals surface area contributed by atoms with Crippen LogP contribution in [0.2, 0.25) is 0 Å². The molecule has 0 atom stereocenters. The van der Waals surface area contributed by atoms with Gasteiger partial charge < -0.3 is 14.6 Å². The predicted molar refractivity (Wildman–Crippen MR) is 107 cm³/mol. The van der Waals surface area contributed by atoms with Crippen LogP contribution in [-0.4, -0.2) is 57.3 Å². The molecular formula is C19H24N6O3. The number of nitrogens with zero attached hydrogens (tertiary/aromatic N) is 5. The monoisotopic (exact) mass is 384 g/mol. The van der Waals surface area contributed by atoms with Crippen molar-refractivity contribution in [1.82, 2.24) is 24.0 Å². The molecular weight excluding hydrogens is 360 g/mol. The van der Waals surface area contributed by atoms with Gasteiger partial charge in [-0.05, 0) is 17.7 Å². The Morgan fingerprint density at radius 1 is 1.11 bits per heavy atom. The molecule has 1 N–H and O–H groups in total. The van der Waals surface area contributed by atoms with E-state index in [9.17, 15) is 9.59 Å². The lowest BCUT2D eigenvalue weighted by Gasteiger charge is -2.34. The molecule has 28 heavy (non-hydrogen) atoms. The van der Waals surface area contributed by atoms with Gasteiger partial charge in [0.15, 0.2) is 11.2 Å². The van der Waals surface area contributed by atoms with E-state index in [4.69, 9.17) is 4.74 Å². The highest BCUT2D eigenvalue weighted by molar-refractivity contribution is 5.73. The van der Waals surface area contributed by atoms with Gasteiger partial charge in [-0.3, -0.25) is 18.8 Å². The minimum atomic E-state index is -0.376. The van der Waals surface area contributed by atoms with Crippen LogP contribution in [0.4, 0.5) is 5.95 Å². The lowest BCUT2D eigenvalue weighted by molar-refractivity contribution is 0.248. The second kappa shape index (κ2) is 7.16. The first-order chi connectivity index (χ1) is 13.5. The van der Waals surface area contributed by atoms with Crippen molar-refractivity contribution in [3.8, 4) is 5.75 Å². The molecule has 3 heterocycles. The number of aryl methyl sites for hydroxylation is 1. The number of rotatable bonds is 4. The number of hydrogen-bond donors (Lipinski definition) is 1. The minimum Gasteiger partial charge on any atom is -0.497 e. The van der Waals surface area contributed by atoms with E-state index in [2.05, 4.69) is 31.9 Å². The van der Waals surface area contributed by atoms with E-state index in [1.165, 1.54) is 17.2 Å². The SMILES string of the molecule is COc1cccc(CN2CCN(c3nc4c([nH]3)c(=O)n(C)c(=O)n4C)CC2)c1. The molecule has 3 aromatic rings. The molecule has 0 amide bonds. The first-order valence-corrected chi connectivity index (χ1v) is 9.24.